The van der Waals surface area contributed by atoms with Gasteiger partial charge in [-0.2, -0.15) is 0 Å². The molecule has 1 amide bonds. The van der Waals surface area contributed by atoms with E-state index in [9.17, 15) is 4.79 Å². The van der Waals surface area contributed by atoms with Crippen LogP contribution in [0.15, 0.2) is 4.99 Å². The average molecular weight is 185 g/mol. The summed E-state index contributed by atoms with van der Waals surface area (Å²) in [7, 11) is 0. The quantitative estimate of drug-likeness (QED) is 0.490. The van der Waals surface area contributed by atoms with Crippen LogP contribution in [0.1, 0.15) is 34.6 Å². The Morgan fingerprint density at radius 3 is 2.23 bits per heavy atom. The number of carbonyl (C=O) groups excluding carboxylic acids is 1. The molecular weight excluding hydrogens is 166 g/mol. The Bertz CT molecular complexity index is 211. The molecule has 0 rings (SSSR count). The van der Waals surface area contributed by atoms with Gasteiger partial charge in [0.1, 0.15) is 6.04 Å². The molecule has 0 saturated carbocycles. The number of aliphatic imine (C=N–C) groups is 1. The van der Waals surface area contributed by atoms with Crippen LogP contribution in [0.25, 0.3) is 0 Å². The van der Waals surface area contributed by atoms with Crippen molar-refractivity contribution in [3.8, 4) is 0 Å². The lowest BCUT2D eigenvalue weighted by atomic mass is 10.1. The Labute approximate surface area is 79.6 Å². The van der Waals surface area contributed by atoms with Gasteiger partial charge in [-0.3, -0.25) is 9.79 Å². The number of amides is 1. The summed E-state index contributed by atoms with van der Waals surface area (Å²) in [5.41, 5.74) is 5.15. The Hall–Kier alpha value is -1.06. The summed E-state index contributed by atoms with van der Waals surface area (Å²) in [6.07, 6.45) is 0. The Kier molecular flexibility index (Phi) is 3.91. The number of hydrogen-bond acceptors (Lipinski definition) is 2. The van der Waals surface area contributed by atoms with Crippen LogP contribution in [-0.2, 0) is 4.79 Å². The fourth-order valence-electron chi connectivity index (χ4n) is 0.838. The van der Waals surface area contributed by atoms with Crippen LogP contribution < -0.4 is 11.1 Å². The molecule has 1 unspecified atom stereocenters. The Balaban J connectivity index is 4.21. The van der Waals surface area contributed by atoms with Crippen molar-refractivity contribution >= 4 is 11.7 Å². The van der Waals surface area contributed by atoms with E-state index in [0.29, 0.717) is 5.84 Å². The van der Waals surface area contributed by atoms with Gasteiger partial charge in [-0.25, -0.2) is 0 Å². The highest BCUT2D eigenvalue weighted by Gasteiger charge is 2.18. The topological polar surface area (TPSA) is 67.5 Å². The summed E-state index contributed by atoms with van der Waals surface area (Å²) < 4.78 is 0. The second-order valence-electron chi connectivity index (χ2n) is 4.19. The van der Waals surface area contributed by atoms with E-state index in [1.807, 2.05) is 20.8 Å². The first-order chi connectivity index (χ1) is 5.72. The minimum absolute atomic E-state index is 0.0997. The first-order valence-electron chi connectivity index (χ1n) is 4.34. The molecule has 0 aromatic rings. The van der Waals surface area contributed by atoms with Crippen molar-refractivity contribution in [2.75, 3.05) is 0 Å². The number of hydrogen-bond donors (Lipinski definition) is 2. The maximum atomic E-state index is 11.4. The molecule has 1 atom stereocenters. The summed E-state index contributed by atoms with van der Waals surface area (Å²) in [5.74, 6) is 0.328. The highest BCUT2D eigenvalue weighted by Crippen LogP contribution is 2.00. The Morgan fingerprint density at radius 2 is 1.92 bits per heavy atom. The molecule has 0 fully saturated rings. The second-order valence-corrected chi connectivity index (χ2v) is 4.19. The van der Waals surface area contributed by atoms with Crippen molar-refractivity contribution in [1.82, 2.24) is 5.32 Å². The summed E-state index contributed by atoms with van der Waals surface area (Å²) in [4.78, 5) is 15.4. The summed E-state index contributed by atoms with van der Waals surface area (Å²) >= 11 is 0. The SMILES string of the molecule is CC(N)=NC(C)C(=O)NC(C)(C)C. The van der Waals surface area contributed by atoms with Crippen molar-refractivity contribution in [2.45, 2.75) is 46.2 Å². The summed E-state index contributed by atoms with van der Waals surface area (Å²) in [5, 5.41) is 2.82. The molecule has 0 aliphatic rings. The third kappa shape index (κ3) is 6.13. The molecule has 4 nitrogen and oxygen atoms in total. The maximum absolute atomic E-state index is 11.4. The van der Waals surface area contributed by atoms with E-state index in [1.54, 1.807) is 13.8 Å². The highest BCUT2D eigenvalue weighted by molar-refractivity contribution is 5.86. The van der Waals surface area contributed by atoms with Gasteiger partial charge in [0.25, 0.3) is 0 Å². The first-order valence-corrected chi connectivity index (χ1v) is 4.34. The lowest BCUT2D eigenvalue weighted by Gasteiger charge is -2.21. The second kappa shape index (κ2) is 4.25. The number of nitrogens with one attached hydrogen (secondary N) is 1. The molecule has 0 bridgehead atoms. The maximum Gasteiger partial charge on any atom is 0.244 e. The van der Waals surface area contributed by atoms with Crippen LogP contribution in [0.5, 0.6) is 0 Å². The predicted molar refractivity (Wildman–Crippen MR) is 54.7 cm³/mol. The number of rotatable bonds is 2. The number of nitrogens with two attached hydrogens (primary N) is 1. The minimum Gasteiger partial charge on any atom is -0.388 e. The lowest BCUT2D eigenvalue weighted by molar-refractivity contribution is -0.123. The van der Waals surface area contributed by atoms with E-state index in [4.69, 9.17) is 5.73 Å². The number of amidine groups is 1. The molecule has 0 saturated heterocycles. The normalized spacial score (nSPS) is 15.3. The van der Waals surface area contributed by atoms with Gasteiger partial charge >= 0.3 is 0 Å². The van der Waals surface area contributed by atoms with Crippen LogP contribution in [0.4, 0.5) is 0 Å². The van der Waals surface area contributed by atoms with Crippen molar-refractivity contribution in [3.05, 3.63) is 0 Å². The van der Waals surface area contributed by atoms with E-state index in [2.05, 4.69) is 10.3 Å². The van der Waals surface area contributed by atoms with Gasteiger partial charge in [0.05, 0.1) is 5.84 Å². The molecule has 0 heterocycles. The first kappa shape index (κ1) is 11.9. The third-order valence-corrected chi connectivity index (χ3v) is 1.27. The number of carbonyl (C=O) groups is 1. The molecule has 0 aliphatic heterocycles. The van der Waals surface area contributed by atoms with E-state index >= 15 is 0 Å². The van der Waals surface area contributed by atoms with E-state index in [1.165, 1.54) is 0 Å². The van der Waals surface area contributed by atoms with E-state index < -0.39 is 6.04 Å². The van der Waals surface area contributed by atoms with Crippen molar-refractivity contribution < 1.29 is 4.79 Å². The van der Waals surface area contributed by atoms with Crippen LogP contribution in [0.3, 0.4) is 0 Å². The van der Waals surface area contributed by atoms with Gasteiger partial charge in [-0.1, -0.05) is 0 Å². The van der Waals surface area contributed by atoms with Gasteiger partial charge in [0.15, 0.2) is 0 Å². The molecule has 0 aromatic heterocycles. The van der Waals surface area contributed by atoms with Crippen LogP contribution in [-0.4, -0.2) is 23.3 Å². The molecule has 0 aromatic carbocycles. The van der Waals surface area contributed by atoms with Crippen molar-refractivity contribution in [3.63, 3.8) is 0 Å². The molecule has 0 radical (unpaired) electrons. The molecule has 76 valence electrons. The average Bonchev–Trinajstić information content (AvgIpc) is 1.81. The molecule has 0 spiro atoms. The van der Waals surface area contributed by atoms with Gasteiger partial charge in [-0.15, -0.1) is 0 Å². The van der Waals surface area contributed by atoms with Crippen molar-refractivity contribution in [1.29, 1.82) is 0 Å². The number of nitrogens with zero attached hydrogens (tertiary/aromatic N) is 1. The fourth-order valence-corrected chi connectivity index (χ4v) is 0.838. The molecule has 4 heteroatoms. The fraction of sp³-hybridized carbons (Fsp3) is 0.778. The van der Waals surface area contributed by atoms with Crippen LogP contribution >= 0.6 is 0 Å². The van der Waals surface area contributed by atoms with Crippen LogP contribution in [0.2, 0.25) is 0 Å². The minimum atomic E-state index is -0.413. The highest BCUT2D eigenvalue weighted by atomic mass is 16.2. The molecule has 3 N–H and O–H groups in total. The summed E-state index contributed by atoms with van der Waals surface area (Å²) in [6.45, 7) is 9.17. The van der Waals surface area contributed by atoms with Crippen LogP contribution in [0, 0.1) is 0 Å². The van der Waals surface area contributed by atoms with Gasteiger partial charge < -0.3 is 11.1 Å². The monoisotopic (exact) mass is 185 g/mol. The third-order valence-electron chi connectivity index (χ3n) is 1.27. The smallest absolute Gasteiger partial charge is 0.244 e. The largest absolute Gasteiger partial charge is 0.388 e. The Morgan fingerprint density at radius 1 is 1.46 bits per heavy atom. The molecule has 13 heavy (non-hydrogen) atoms. The molecular formula is C9H19N3O. The van der Waals surface area contributed by atoms with Gasteiger partial charge in [-0.05, 0) is 34.6 Å². The van der Waals surface area contributed by atoms with E-state index in [0.717, 1.165) is 0 Å². The van der Waals surface area contributed by atoms with Crippen molar-refractivity contribution in [2.24, 2.45) is 10.7 Å². The van der Waals surface area contributed by atoms with Gasteiger partial charge in [0.2, 0.25) is 5.91 Å². The predicted octanol–water partition coefficient (Wildman–Crippen LogP) is 0.667. The standard InChI is InChI=1S/C9H19N3O/c1-6(11-7(2)10)8(13)12-9(3,4)5/h6H,1-5H3,(H2,10,11)(H,12,13). The zero-order valence-corrected chi connectivity index (χ0v) is 9.01. The summed E-state index contributed by atoms with van der Waals surface area (Å²) in [6, 6.07) is -0.413. The zero-order valence-electron chi connectivity index (χ0n) is 9.01. The lowest BCUT2D eigenvalue weighted by Crippen LogP contribution is -2.44. The van der Waals surface area contributed by atoms with E-state index in [-0.39, 0.29) is 11.4 Å². The van der Waals surface area contributed by atoms with Gasteiger partial charge in [0, 0.05) is 5.54 Å². The molecule has 0 aliphatic carbocycles. The zero-order chi connectivity index (χ0) is 10.6.